The first-order valence-electron chi connectivity index (χ1n) is 7.44. The number of rotatable bonds is 7. The number of carbonyl (C=O) groups excluding carboxylic acids is 1. The predicted octanol–water partition coefficient (Wildman–Crippen LogP) is 2.08. The maximum absolute atomic E-state index is 11.9. The van der Waals surface area contributed by atoms with Gasteiger partial charge in [0.15, 0.2) is 6.04 Å². The second-order valence-electron chi connectivity index (χ2n) is 5.33. The fourth-order valence-corrected chi connectivity index (χ4v) is 2.52. The van der Waals surface area contributed by atoms with Crippen LogP contribution in [0.25, 0.3) is 0 Å². The number of carboxylic acid groups (broad SMARTS) is 1. The molecule has 0 aliphatic heterocycles. The molecule has 0 aliphatic rings. The highest BCUT2D eigenvalue weighted by molar-refractivity contribution is 7.86. The molecule has 0 saturated heterocycles. The van der Waals surface area contributed by atoms with Crippen LogP contribution in [0.5, 0.6) is 5.75 Å². The summed E-state index contributed by atoms with van der Waals surface area (Å²) < 4.78 is 31.8. The van der Waals surface area contributed by atoms with Crippen molar-refractivity contribution in [3.05, 3.63) is 65.7 Å². The normalized spacial score (nSPS) is 12.0. The third-order valence-corrected chi connectivity index (χ3v) is 3.68. The molecule has 2 aromatic rings. The monoisotopic (exact) mass is 379 g/mol. The summed E-state index contributed by atoms with van der Waals surface area (Å²) in [7, 11) is -3.69. The molecule has 0 aliphatic carbocycles. The second kappa shape index (κ2) is 8.34. The zero-order valence-corrected chi connectivity index (χ0v) is 14.6. The van der Waals surface area contributed by atoms with Crippen molar-refractivity contribution >= 4 is 22.2 Å². The molecule has 0 saturated carbocycles. The Morgan fingerprint density at radius 1 is 1.08 bits per heavy atom. The van der Waals surface area contributed by atoms with Gasteiger partial charge in [0.2, 0.25) is 0 Å². The molecular formula is C17H17NO7S. The molecule has 2 N–H and O–H groups in total. The number of carboxylic acids is 1. The molecule has 0 fully saturated rings. The van der Waals surface area contributed by atoms with E-state index < -0.39 is 28.2 Å². The van der Waals surface area contributed by atoms with Crippen LogP contribution in [-0.2, 0) is 26.3 Å². The quantitative estimate of drug-likeness (QED) is 0.707. The Balaban J connectivity index is 2.01. The number of alkyl carbamates (subject to hydrolysis) is 1. The van der Waals surface area contributed by atoms with E-state index in [-0.39, 0.29) is 17.9 Å². The zero-order chi connectivity index (χ0) is 19.2. The molecular weight excluding hydrogens is 362 g/mol. The summed E-state index contributed by atoms with van der Waals surface area (Å²) >= 11 is 0. The summed E-state index contributed by atoms with van der Waals surface area (Å²) in [6.07, 6.45) is 0.00311. The van der Waals surface area contributed by atoms with Crippen LogP contribution in [0.15, 0.2) is 54.6 Å². The van der Waals surface area contributed by atoms with Crippen molar-refractivity contribution in [3.63, 3.8) is 0 Å². The van der Waals surface area contributed by atoms with Crippen molar-refractivity contribution in [1.29, 1.82) is 0 Å². The first kappa shape index (κ1) is 19.3. The highest BCUT2D eigenvalue weighted by atomic mass is 32.2. The van der Waals surface area contributed by atoms with E-state index in [0.29, 0.717) is 0 Å². The summed E-state index contributed by atoms with van der Waals surface area (Å²) in [5.41, 5.74) is 0.992. The Morgan fingerprint density at radius 3 is 2.23 bits per heavy atom. The van der Waals surface area contributed by atoms with Crippen LogP contribution in [-0.4, -0.2) is 31.8 Å². The van der Waals surface area contributed by atoms with E-state index in [1.165, 1.54) is 24.3 Å². The van der Waals surface area contributed by atoms with E-state index in [1.54, 1.807) is 24.3 Å². The first-order chi connectivity index (χ1) is 12.2. The Kier molecular flexibility index (Phi) is 6.18. The maximum Gasteiger partial charge on any atom is 0.408 e. The maximum atomic E-state index is 11.9. The Bertz CT molecular complexity index is 864. The SMILES string of the molecule is CS(=O)(=O)Oc1ccc(C(NC(=O)OCc2ccccc2)C(=O)O)cc1. The lowest BCUT2D eigenvalue weighted by Gasteiger charge is -2.15. The Labute approximate surface area is 150 Å². The second-order valence-corrected chi connectivity index (χ2v) is 6.91. The minimum Gasteiger partial charge on any atom is -0.479 e. The number of hydrogen-bond acceptors (Lipinski definition) is 6. The fourth-order valence-electron chi connectivity index (χ4n) is 2.06. The lowest BCUT2D eigenvalue weighted by Crippen LogP contribution is -2.34. The summed E-state index contributed by atoms with van der Waals surface area (Å²) in [5.74, 6) is -1.26. The summed E-state index contributed by atoms with van der Waals surface area (Å²) in [5, 5.41) is 11.6. The van der Waals surface area contributed by atoms with E-state index in [9.17, 15) is 23.1 Å². The first-order valence-corrected chi connectivity index (χ1v) is 9.26. The molecule has 138 valence electrons. The number of hydrogen-bond donors (Lipinski definition) is 2. The third-order valence-electron chi connectivity index (χ3n) is 3.18. The number of amides is 1. The van der Waals surface area contributed by atoms with E-state index in [2.05, 4.69) is 9.50 Å². The lowest BCUT2D eigenvalue weighted by molar-refractivity contribution is -0.139. The van der Waals surface area contributed by atoms with Gasteiger partial charge in [0, 0.05) is 0 Å². The molecule has 0 spiro atoms. The van der Waals surface area contributed by atoms with E-state index in [0.717, 1.165) is 11.8 Å². The smallest absolute Gasteiger partial charge is 0.408 e. The van der Waals surface area contributed by atoms with E-state index in [1.807, 2.05) is 6.07 Å². The van der Waals surface area contributed by atoms with Gasteiger partial charge in [0.05, 0.1) is 6.26 Å². The Morgan fingerprint density at radius 2 is 1.69 bits per heavy atom. The molecule has 2 rings (SSSR count). The van der Waals surface area contributed by atoms with Gasteiger partial charge in [0.1, 0.15) is 12.4 Å². The summed E-state index contributed by atoms with van der Waals surface area (Å²) in [4.78, 5) is 23.3. The van der Waals surface area contributed by atoms with Gasteiger partial charge in [-0.2, -0.15) is 8.42 Å². The molecule has 26 heavy (non-hydrogen) atoms. The molecule has 1 amide bonds. The topological polar surface area (TPSA) is 119 Å². The third kappa shape index (κ3) is 6.10. The molecule has 1 unspecified atom stereocenters. The van der Waals surface area contributed by atoms with Gasteiger partial charge in [-0.05, 0) is 23.3 Å². The van der Waals surface area contributed by atoms with Crippen LogP contribution in [0.3, 0.4) is 0 Å². The van der Waals surface area contributed by atoms with Gasteiger partial charge >= 0.3 is 22.2 Å². The highest BCUT2D eigenvalue weighted by Gasteiger charge is 2.23. The van der Waals surface area contributed by atoms with Crippen molar-refractivity contribution in [3.8, 4) is 5.75 Å². The van der Waals surface area contributed by atoms with Crippen molar-refractivity contribution in [2.45, 2.75) is 12.6 Å². The van der Waals surface area contributed by atoms with Crippen LogP contribution in [0, 0.1) is 0 Å². The van der Waals surface area contributed by atoms with Crippen molar-refractivity contribution in [2.75, 3.05) is 6.26 Å². The van der Waals surface area contributed by atoms with Crippen LogP contribution < -0.4 is 9.50 Å². The summed E-state index contributed by atoms with van der Waals surface area (Å²) in [6, 6.07) is 12.9. The number of aliphatic carboxylic acids is 1. The standard InChI is InChI=1S/C17H17NO7S/c1-26(22,23)25-14-9-7-13(8-10-14)15(16(19)20)18-17(21)24-11-12-5-3-2-4-6-12/h2-10,15H,11H2,1H3,(H,18,21)(H,19,20). The number of ether oxygens (including phenoxy) is 1. The van der Waals surface area contributed by atoms with Gasteiger partial charge < -0.3 is 19.3 Å². The molecule has 0 aromatic heterocycles. The van der Waals surface area contributed by atoms with Gasteiger partial charge in [-0.25, -0.2) is 9.59 Å². The number of benzene rings is 2. The van der Waals surface area contributed by atoms with Crippen molar-refractivity contribution < 1.29 is 32.0 Å². The van der Waals surface area contributed by atoms with E-state index in [4.69, 9.17) is 4.74 Å². The van der Waals surface area contributed by atoms with Crippen LogP contribution in [0.4, 0.5) is 4.79 Å². The summed E-state index contributed by atoms with van der Waals surface area (Å²) in [6.45, 7) is 0.000149. The Hall–Kier alpha value is -3.07. The molecule has 2 aromatic carbocycles. The fraction of sp³-hybridized carbons (Fsp3) is 0.176. The number of nitrogens with one attached hydrogen (secondary N) is 1. The van der Waals surface area contributed by atoms with Gasteiger partial charge in [-0.3, -0.25) is 0 Å². The molecule has 0 radical (unpaired) electrons. The average Bonchev–Trinajstić information content (AvgIpc) is 2.58. The lowest BCUT2D eigenvalue weighted by atomic mass is 10.1. The highest BCUT2D eigenvalue weighted by Crippen LogP contribution is 2.19. The van der Waals surface area contributed by atoms with Crippen LogP contribution in [0.1, 0.15) is 17.2 Å². The van der Waals surface area contributed by atoms with Crippen molar-refractivity contribution in [2.24, 2.45) is 0 Å². The molecule has 0 heterocycles. The number of carbonyl (C=O) groups is 2. The average molecular weight is 379 g/mol. The van der Waals surface area contributed by atoms with Gasteiger partial charge in [-0.1, -0.05) is 42.5 Å². The minimum atomic E-state index is -3.69. The predicted molar refractivity (Wildman–Crippen MR) is 92.1 cm³/mol. The molecule has 1 atom stereocenters. The van der Waals surface area contributed by atoms with Gasteiger partial charge in [-0.15, -0.1) is 0 Å². The minimum absolute atomic E-state index is 0.000149. The van der Waals surface area contributed by atoms with E-state index >= 15 is 0 Å². The molecule has 0 bridgehead atoms. The largest absolute Gasteiger partial charge is 0.479 e. The zero-order valence-electron chi connectivity index (χ0n) is 13.8. The molecule has 8 nitrogen and oxygen atoms in total. The molecule has 9 heteroatoms. The van der Waals surface area contributed by atoms with Crippen LogP contribution >= 0.6 is 0 Å². The van der Waals surface area contributed by atoms with Gasteiger partial charge in [0.25, 0.3) is 0 Å². The van der Waals surface area contributed by atoms with Crippen molar-refractivity contribution in [1.82, 2.24) is 5.32 Å². The van der Waals surface area contributed by atoms with Crippen LogP contribution in [0.2, 0.25) is 0 Å².